The average molecular weight is 607 g/mol. The number of anilines is 1. The molecule has 0 spiro atoms. The number of esters is 1. The third-order valence-corrected chi connectivity index (χ3v) is 8.21. The van der Waals surface area contributed by atoms with Gasteiger partial charge in [-0.05, 0) is 64.2 Å². The summed E-state index contributed by atoms with van der Waals surface area (Å²) >= 11 is 1.52. The van der Waals surface area contributed by atoms with Crippen LogP contribution in [-0.4, -0.2) is 79.0 Å². The molecule has 2 saturated carbocycles. The number of hydrogen-bond donors (Lipinski definition) is 2. The SMILES string of the molecule is CCCSc1nc(N[C@@H]2C[C@H]2c2ccc(F)c(F)c2)c2nnn([C@@H]3C[C@H](OCC(=O)OCC)[C@@H](OC(C)(C)O)C3)c2n1. The molecule has 2 aliphatic rings. The van der Waals surface area contributed by atoms with Crippen LogP contribution in [0.1, 0.15) is 70.9 Å². The molecular formula is C28H36F2N6O5S. The summed E-state index contributed by atoms with van der Waals surface area (Å²) in [7, 11) is 0. The normalized spacial score (nSPS) is 23.8. The van der Waals surface area contributed by atoms with Crippen molar-refractivity contribution >= 4 is 34.7 Å². The monoisotopic (exact) mass is 606 g/mol. The van der Waals surface area contributed by atoms with E-state index in [4.69, 9.17) is 24.2 Å². The molecule has 5 atom stereocenters. The van der Waals surface area contributed by atoms with E-state index in [1.807, 2.05) is 0 Å². The summed E-state index contributed by atoms with van der Waals surface area (Å²) in [6, 6.07) is 3.72. The summed E-state index contributed by atoms with van der Waals surface area (Å²) < 4.78 is 45.8. The van der Waals surface area contributed by atoms with Crippen LogP contribution in [0, 0.1) is 11.6 Å². The van der Waals surface area contributed by atoms with E-state index < -0.39 is 35.6 Å². The molecule has 2 fully saturated rings. The van der Waals surface area contributed by atoms with Crippen molar-refractivity contribution in [2.75, 3.05) is 24.3 Å². The molecular weight excluding hydrogens is 570 g/mol. The Balaban J connectivity index is 1.39. The van der Waals surface area contributed by atoms with Gasteiger partial charge in [-0.3, -0.25) is 0 Å². The molecule has 2 aliphatic carbocycles. The van der Waals surface area contributed by atoms with Gasteiger partial charge in [-0.25, -0.2) is 28.2 Å². The Morgan fingerprint density at radius 1 is 1.17 bits per heavy atom. The maximum atomic E-state index is 13.8. The lowest BCUT2D eigenvalue weighted by Gasteiger charge is -2.27. The van der Waals surface area contributed by atoms with Crippen molar-refractivity contribution < 1.29 is 32.9 Å². The molecule has 11 nitrogen and oxygen atoms in total. The smallest absolute Gasteiger partial charge is 0.332 e. The van der Waals surface area contributed by atoms with Gasteiger partial charge in [0.1, 0.15) is 6.61 Å². The summed E-state index contributed by atoms with van der Waals surface area (Å²) in [5, 5.41) is 23.2. The fourth-order valence-electron chi connectivity index (χ4n) is 5.24. The van der Waals surface area contributed by atoms with E-state index in [1.165, 1.54) is 17.8 Å². The standard InChI is InChI=1S/C28H36F2N6O5S/c1-5-9-42-27-32-25(31-20-13-17(20)15-7-8-18(29)19(30)10-15)24-26(33-27)36(35-34-24)16-11-21(40-14-23(37)39-6-2)22(12-16)41-28(3,4)38/h7-8,10,16-17,20-22,38H,5-6,9,11-14H2,1-4H3,(H,31,32,33)/t16-,17+,20-,21+,22+/m1/s1. The molecule has 2 N–H and O–H groups in total. The molecule has 5 rings (SSSR count). The first-order chi connectivity index (χ1) is 20.1. The number of hydrogen-bond acceptors (Lipinski definition) is 11. The van der Waals surface area contributed by atoms with Gasteiger partial charge in [0.05, 0.1) is 24.9 Å². The lowest BCUT2D eigenvalue weighted by Crippen LogP contribution is -2.36. The summed E-state index contributed by atoms with van der Waals surface area (Å²) in [4.78, 5) is 21.5. The van der Waals surface area contributed by atoms with Crippen LogP contribution in [0.5, 0.6) is 0 Å². The molecule has 228 valence electrons. The fraction of sp³-hybridized carbons (Fsp3) is 0.607. The Morgan fingerprint density at radius 3 is 2.67 bits per heavy atom. The second-order valence-electron chi connectivity index (χ2n) is 11.1. The van der Waals surface area contributed by atoms with Crippen molar-refractivity contribution in [3.8, 4) is 0 Å². The second-order valence-corrected chi connectivity index (χ2v) is 12.1. The zero-order valence-corrected chi connectivity index (χ0v) is 24.9. The van der Waals surface area contributed by atoms with Crippen LogP contribution in [0.25, 0.3) is 11.2 Å². The molecule has 0 radical (unpaired) electrons. The lowest BCUT2D eigenvalue weighted by atomic mass is 10.1. The highest BCUT2D eigenvalue weighted by molar-refractivity contribution is 7.99. The number of fused-ring (bicyclic) bond motifs is 1. The zero-order valence-electron chi connectivity index (χ0n) is 24.0. The van der Waals surface area contributed by atoms with Gasteiger partial charge in [0.15, 0.2) is 39.6 Å². The highest BCUT2D eigenvalue weighted by Gasteiger charge is 2.42. The molecule has 0 saturated heterocycles. The van der Waals surface area contributed by atoms with E-state index in [9.17, 15) is 18.7 Å². The molecule has 0 amide bonds. The number of aromatic nitrogens is 5. The first-order valence-electron chi connectivity index (χ1n) is 14.2. The largest absolute Gasteiger partial charge is 0.464 e. The molecule has 0 bridgehead atoms. The Morgan fingerprint density at radius 2 is 1.95 bits per heavy atom. The number of benzene rings is 1. The molecule has 2 heterocycles. The van der Waals surface area contributed by atoms with Crippen molar-refractivity contribution in [1.82, 2.24) is 25.0 Å². The number of aliphatic hydroxyl groups is 1. The minimum Gasteiger partial charge on any atom is -0.464 e. The number of thioether (sulfide) groups is 1. The van der Waals surface area contributed by atoms with Crippen molar-refractivity contribution in [3.63, 3.8) is 0 Å². The molecule has 0 unspecified atom stereocenters. The predicted octanol–water partition coefficient (Wildman–Crippen LogP) is 4.37. The summed E-state index contributed by atoms with van der Waals surface area (Å²) in [6.07, 6.45) is 1.55. The molecule has 3 aromatic rings. The van der Waals surface area contributed by atoms with Crippen molar-refractivity contribution in [2.24, 2.45) is 0 Å². The molecule has 14 heteroatoms. The summed E-state index contributed by atoms with van der Waals surface area (Å²) in [5.41, 5.74) is 1.75. The minimum atomic E-state index is -1.41. The highest BCUT2D eigenvalue weighted by Crippen LogP contribution is 2.44. The van der Waals surface area contributed by atoms with Gasteiger partial charge in [-0.2, -0.15) is 0 Å². The number of nitrogens with zero attached hydrogens (tertiary/aromatic N) is 5. The van der Waals surface area contributed by atoms with Gasteiger partial charge in [-0.15, -0.1) is 5.10 Å². The Labute approximate surface area is 246 Å². The van der Waals surface area contributed by atoms with Crippen LogP contribution in [0.4, 0.5) is 14.6 Å². The molecule has 2 aromatic heterocycles. The van der Waals surface area contributed by atoms with Gasteiger partial charge in [0, 0.05) is 17.7 Å². The van der Waals surface area contributed by atoms with Crippen LogP contribution < -0.4 is 5.32 Å². The van der Waals surface area contributed by atoms with E-state index >= 15 is 0 Å². The third kappa shape index (κ3) is 7.16. The topological polar surface area (TPSA) is 134 Å². The van der Waals surface area contributed by atoms with E-state index in [0.29, 0.717) is 35.0 Å². The van der Waals surface area contributed by atoms with E-state index in [2.05, 4.69) is 22.6 Å². The van der Waals surface area contributed by atoms with Crippen molar-refractivity contribution in [2.45, 2.75) is 94.5 Å². The molecule has 1 aromatic carbocycles. The third-order valence-electron chi connectivity index (χ3n) is 7.15. The van der Waals surface area contributed by atoms with E-state index in [0.717, 1.165) is 30.2 Å². The van der Waals surface area contributed by atoms with Gasteiger partial charge in [0.25, 0.3) is 0 Å². The van der Waals surface area contributed by atoms with Crippen LogP contribution in [0.3, 0.4) is 0 Å². The van der Waals surface area contributed by atoms with E-state index in [1.54, 1.807) is 31.5 Å². The lowest BCUT2D eigenvalue weighted by molar-refractivity contribution is -0.224. The molecule has 42 heavy (non-hydrogen) atoms. The van der Waals surface area contributed by atoms with E-state index in [-0.39, 0.29) is 31.2 Å². The van der Waals surface area contributed by atoms with Gasteiger partial charge in [-0.1, -0.05) is 30.0 Å². The Kier molecular flexibility index (Phi) is 9.26. The highest BCUT2D eigenvalue weighted by atomic mass is 32.2. The number of rotatable bonds is 13. The summed E-state index contributed by atoms with van der Waals surface area (Å²) in [5.74, 6) is -2.26. The maximum absolute atomic E-state index is 13.8. The quantitative estimate of drug-likeness (QED) is 0.124. The minimum absolute atomic E-state index is 0.0128. The van der Waals surface area contributed by atoms with Gasteiger partial charge in [0.2, 0.25) is 0 Å². The van der Waals surface area contributed by atoms with Crippen LogP contribution in [0.15, 0.2) is 23.4 Å². The summed E-state index contributed by atoms with van der Waals surface area (Å²) in [6.45, 7) is 6.90. The Bertz CT molecular complexity index is 1420. The first kappa shape index (κ1) is 30.5. The Hall–Kier alpha value is -2.94. The van der Waals surface area contributed by atoms with Crippen LogP contribution in [-0.2, 0) is 19.0 Å². The van der Waals surface area contributed by atoms with Gasteiger partial charge < -0.3 is 24.6 Å². The predicted molar refractivity (Wildman–Crippen MR) is 151 cm³/mol. The molecule has 0 aliphatic heterocycles. The fourth-order valence-corrected chi connectivity index (χ4v) is 5.93. The number of carbonyl (C=O) groups is 1. The maximum Gasteiger partial charge on any atom is 0.332 e. The zero-order chi connectivity index (χ0) is 30.0. The van der Waals surface area contributed by atoms with Crippen molar-refractivity contribution in [1.29, 1.82) is 0 Å². The number of nitrogens with one attached hydrogen (secondary N) is 1. The van der Waals surface area contributed by atoms with Crippen LogP contribution >= 0.6 is 11.8 Å². The first-order valence-corrected chi connectivity index (χ1v) is 15.2. The second kappa shape index (κ2) is 12.7. The van der Waals surface area contributed by atoms with Crippen LogP contribution in [0.2, 0.25) is 0 Å². The van der Waals surface area contributed by atoms with Gasteiger partial charge >= 0.3 is 5.97 Å². The number of ether oxygens (including phenoxy) is 3. The van der Waals surface area contributed by atoms with Crippen molar-refractivity contribution in [3.05, 3.63) is 35.4 Å². The number of halogens is 2. The average Bonchev–Trinajstić information content (AvgIpc) is 3.38. The number of carbonyl (C=O) groups excluding carboxylic acids is 1.